The van der Waals surface area contributed by atoms with Crippen LogP contribution in [0, 0.1) is 0 Å². The predicted molar refractivity (Wildman–Crippen MR) is 94.5 cm³/mol. The molecule has 1 aromatic carbocycles. The van der Waals surface area contributed by atoms with Crippen molar-refractivity contribution < 1.29 is 19.1 Å². The van der Waals surface area contributed by atoms with Crippen molar-refractivity contribution in [1.82, 2.24) is 10.3 Å². The van der Waals surface area contributed by atoms with Gasteiger partial charge < -0.3 is 14.8 Å². The Hall–Kier alpha value is -2.61. The highest BCUT2D eigenvalue weighted by Gasteiger charge is 2.21. The lowest BCUT2D eigenvalue weighted by Gasteiger charge is -2.07. The van der Waals surface area contributed by atoms with Gasteiger partial charge in [-0.1, -0.05) is 11.3 Å². The second kappa shape index (κ2) is 7.98. The molecule has 0 unspecified atom stereocenters. The third-order valence-corrected chi connectivity index (χ3v) is 4.54. The third-order valence-electron chi connectivity index (χ3n) is 3.53. The minimum atomic E-state index is -0.321. The lowest BCUT2D eigenvalue weighted by molar-refractivity contribution is -0.118. The van der Waals surface area contributed by atoms with Crippen LogP contribution < -0.4 is 20.1 Å². The van der Waals surface area contributed by atoms with Crippen LogP contribution in [0.4, 0.5) is 5.13 Å². The summed E-state index contributed by atoms with van der Waals surface area (Å²) in [4.78, 5) is 28.8. The Labute approximate surface area is 149 Å². The predicted octanol–water partition coefficient (Wildman–Crippen LogP) is 2.24. The summed E-state index contributed by atoms with van der Waals surface area (Å²) in [6.45, 7) is 3.03. The number of rotatable bonds is 6. The number of aryl methyl sites for hydroxylation is 1. The molecule has 2 amide bonds. The van der Waals surface area contributed by atoms with E-state index in [9.17, 15) is 9.59 Å². The van der Waals surface area contributed by atoms with Gasteiger partial charge in [-0.15, -0.1) is 0 Å². The zero-order chi connectivity index (χ0) is 17.6. The first-order chi connectivity index (χ1) is 12.2. The quantitative estimate of drug-likeness (QED) is 0.824. The average Bonchev–Trinajstić information content (AvgIpc) is 2.93. The van der Waals surface area contributed by atoms with Gasteiger partial charge >= 0.3 is 0 Å². The van der Waals surface area contributed by atoms with E-state index in [1.54, 1.807) is 24.3 Å². The minimum absolute atomic E-state index is 0.129. The molecular formula is C17H19N3O4S. The van der Waals surface area contributed by atoms with E-state index >= 15 is 0 Å². The number of carbonyl (C=O) groups is 2. The van der Waals surface area contributed by atoms with Crippen LogP contribution in [0.3, 0.4) is 0 Å². The molecule has 0 spiro atoms. The summed E-state index contributed by atoms with van der Waals surface area (Å²) in [6.07, 6.45) is 1.57. The van der Waals surface area contributed by atoms with E-state index < -0.39 is 0 Å². The van der Waals surface area contributed by atoms with Gasteiger partial charge in [-0.05, 0) is 44.0 Å². The first-order valence-corrected chi connectivity index (χ1v) is 8.90. The number of hydrogen-bond donors (Lipinski definition) is 2. The van der Waals surface area contributed by atoms with Gasteiger partial charge in [0.25, 0.3) is 11.8 Å². The van der Waals surface area contributed by atoms with Crippen LogP contribution in [-0.4, -0.2) is 36.6 Å². The molecule has 0 saturated heterocycles. The number of aromatic nitrogens is 1. The molecule has 1 aliphatic rings. The van der Waals surface area contributed by atoms with Crippen LogP contribution in [0.25, 0.3) is 0 Å². The van der Waals surface area contributed by atoms with Crippen LogP contribution in [-0.2, 0) is 11.2 Å². The van der Waals surface area contributed by atoms with Crippen LogP contribution in [0.2, 0.25) is 0 Å². The number of benzene rings is 1. The van der Waals surface area contributed by atoms with Crippen molar-refractivity contribution in [2.24, 2.45) is 0 Å². The molecule has 0 atom stereocenters. The second-order valence-corrected chi connectivity index (χ2v) is 6.39. The normalized spacial score (nSPS) is 13.4. The highest BCUT2D eigenvalue weighted by atomic mass is 32.1. The fourth-order valence-corrected chi connectivity index (χ4v) is 3.34. The summed E-state index contributed by atoms with van der Waals surface area (Å²) < 4.78 is 10.8. The molecule has 2 N–H and O–H groups in total. The number of nitrogens with zero attached hydrogens (tertiary/aromatic N) is 1. The van der Waals surface area contributed by atoms with E-state index in [1.807, 2.05) is 6.92 Å². The second-order valence-electron chi connectivity index (χ2n) is 5.40. The van der Waals surface area contributed by atoms with Gasteiger partial charge in [-0.25, -0.2) is 4.98 Å². The standard InChI is InChI=1S/C17H19N3O4S/c1-2-23-11-5-7-12(8-6-11)24-10-14(21)20-17-19-13-4-3-9-18-16(22)15(13)25-17/h5-8H,2-4,9-10H2,1H3,(H,18,22)(H,19,20,21). The largest absolute Gasteiger partial charge is 0.494 e. The summed E-state index contributed by atoms with van der Waals surface area (Å²) in [5.41, 5.74) is 0.739. The Morgan fingerprint density at radius 2 is 2.00 bits per heavy atom. The monoisotopic (exact) mass is 361 g/mol. The Bertz CT molecular complexity index is 758. The van der Waals surface area contributed by atoms with E-state index in [0.29, 0.717) is 28.9 Å². The number of anilines is 1. The Morgan fingerprint density at radius 3 is 2.72 bits per heavy atom. The number of thiazole rings is 1. The first kappa shape index (κ1) is 17.2. The fourth-order valence-electron chi connectivity index (χ4n) is 2.39. The lowest BCUT2D eigenvalue weighted by atomic mass is 10.2. The summed E-state index contributed by atoms with van der Waals surface area (Å²) in [5, 5.41) is 5.91. The van der Waals surface area contributed by atoms with Gasteiger partial charge in [0, 0.05) is 6.54 Å². The van der Waals surface area contributed by atoms with Crippen molar-refractivity contribution in [3.05, 3.63) is 34.8 Å². The first-order valence-electron chi connectivity index (χ1n) is 8.09. The number of hydrogen-bond acceptors (Lipinski definition) is 6. The zero-order valence-corrected chi connectivity index (χ0v) is 14.6. The van der Waals surface area contributed by atoms with Crippen molar-refractivity contribution in [3.63, 3.8) is 0 Å². The highest BCUT2D eigenvalue weighted by Crippen LogP contribution is 2.25. The number of amides is 2. The summed E-state index contributed by atoms with van der Waals surface area (Å²) in [6, 6.07) is 7.06. The Kier molecular flexibility index (Phi) is 5.49. The van der Waals surface area contributed by atoms with Crippen LogP contribution >= 0.6 is 11.3 Å². The van der Waals surface area contributed by atoms with Gasteiger partial charge in [0.1, 0.15) is 16.4 Å². The minimum Gasteiger partial charge on any atom is -0.494 e. The molecule has 0 fully saturated rings. The van der Waals surface area contributed by atoms with Crippen molar-refractivity contribution >= 4 is 28.3 Å². The summed E-state index contributed by atoms with van der Waals surface area (Å²) in [7, 11) is 0. The van der Waals surface area contributed by atoms with Gasteiger partial charge in [0.05, 0.1) is 12.3 Å². The molecule has 7 nitrogen and oxygen atoms in total. The topological polar surface area (TPSA) is 89.6 Å². The Morgan fingerprint density at radius 1 is 1.28 bits per heavy atom. The molecule has 0 bridgehead atoms. The SMILES string of the molecule is CCOc1ccc(OCC(=O)Nc2nc3c(s2)C(=O)NCCC3)cc1. The van der Waals surface area contributed by atoms with Crippen molar-refractivity contribution in [1.29, 1.82) is 0 Å². The number of carbonyl (C=O) groups excluding carboxylic acids is 2. The van der Waals surface area contributed by atoms with Crippen LogP contribution in [0.15, 0.2) is 24.3 Å². The number of ether oxygens (including phenoxy) is 2. The summed E-state index contributed by atoms with van der Waals surface area (Å²) >= 11 is 1.19. The number of fused-ring (bicyclic) bond motifs is 1. The third kappa shape index (κ3) is 4.48. The zero-order valence-electron chi connectivity index (χ0n) is 13.8. The number of nitrogens with one attached hydrogen (secondary N) is 2. The molecule has 1 aromatic heterocycles. The molecular weight excluding hydrogens is 342 g/mol. The molecule has 0 aliphatic carbocycles. The van der Waals surface area contributed by atoms with E-state index in [-0.39, 0.29) is 18.4 Å². The molecule has 0 radical (unpaired) electrons. The molecule has 2 heterocycles. The maximum absolute atomic E-state index is 12.0. The van der Waals surface area contributed by atoms with E-state index in [4.69, 9.17) is 9.47 Å². The smallest absolute Gasteiger partial charge is 0.264 e. The lowest BCUT2D eigenvalue weighted by Crippen LogP contribution is -2.21. The average molecular weight is 361 g/mol. The summed E-state index contributed by atoms with van der Waals surface area (Å²) in [5.74, 6) is 0.879. The van der Waals surface area contributed by atoms with Crippen LogP contribution in [0.5, 0.6) is 11.5 Å². The highest BCUT2D eigenvalue weighted by molar-refractivity contribution is 7.17. The molecule has 8 heteroatoms. The van der Waals surface area contributed by atoms with Gasteiger partial charge in [0.2, 0.25) is 0 Å². The Balaban J connectivity index is 1.54. The van der Waals surface area contributed by atoms with Crippen molar-refractivity contribution in [2.45, 2.75) is 19.8 Å². The van der Waals surface area contributed by atoms with E-state index in [2.05, 4.69) is 15.6 Å². The maximum atomic E-state index is 12.0. The van der Waals surface area contributed by atoms with E-state index in [0.717, 1.165) is 24.3 Å². The molecule has 0 saturated carbocycles. The van der Waals surface area contributed by atoms with Crippen LogP contribution in [0.1, 0.15) is 28.7 Å². The molecule has 1 aliphatic heterocycles. The molecule has 2 aromatic rings. The van der Waals surface area contributed by atoms with E-state index in [1.165, 1.54) is 11.3 Å². The molecule has 3 rings (SSSR count). The van der Waals surface area contributed by atoms with Crippen molar-refractivity contribution in [3.8, 4) is 11.5 Å². The maximum Gasteiger partial charge on any atom is 0.264 e. The van der Waals surface area contributed by atoms with Gasteiger partial charge in [0.15, 0.2) is 11.7 Å². The van der Waals surface area contributed by atoms with Crippen molar-refractivity contribution in [2.75, 3.05) is 25.1 Å². The van der Waals surface area contributed by atoms with Gasteiger partial charge in [-0.3, -0.25) is 14.9 Å². The fraction of sp³-hybridized carbons (Fsp3) is 0.353. The van der Waals surface area contributed by atoms with Gasteiger partial charge in [-0.2, -0.15) is 0 Å². The molecule has 25 heavy (non-hydrogen) atoms. The molecule has 132 valence electrons.